The highest BCUT2D eigenvalue weighted by Crippen LogP contribution is 2.41. The Balaban J connectivity index is 0.963. The molecular formula is C54H35N3. The Labute approximate surface area is 340 Å². The normalized spacial score (nSPS) is 13.8. The second kappa shape index (κ2) is 12.5. The second-order valence-electron chi connectivity index (χ2n) is 14.3. The Bertz CT molecular complexity index is 3880. The molecule has 0 atom stereocenters. The van der Waals surface area contributed by atoms with Crippen LogP contribution in [0.2, 0.25) is 0 Å². The van der Waals surface area contributed by atoms with Crippen molar-refractivity contribution in [2.45, 2.75) is 0 Å². The average molecular weight is 734 g/mol. The Morgan fingerprint density at radius 1 is 0.298 bits per heavy atom. The molecule has 0 saturated heterocycles. The highest BCUT2D eigenvalue weighted by atomic mass is 15.0. The van der Waals surface area contributed by atoms with Gasteiger partial charge >= 0.3 is 0 Å². The molecule has 0 aliphatic rings. The van der Waals surface area contributed by atoms with Crippen molar-refractivity contribution in [1.82, 2.24) is 13.7 Å². The van der Waals surface area contributed by atoms with Gasteiger partial charge < -0.3 is 13.7 Å². The maximum absolute atomic E-state index is 8.86. The van der Waals surface area contributed by atoms with Crippen LogP contribution in [0.4, 0.5) is 0 Å². The van der Waals surface area contributed by atoms with Gasteiger partial charge in [0.1, 0.15) is 0 Å². The molecule has 0 fully saturated rings. The van der Waals surface area contributed by atoms with Crippen LogP contribution < -0.4 is 0 Å². The molecule has 0 saturated carbocycles. The van der Waals surface area contributed by atoms with Gasteiger partial charge in [-0.25, -0.2) is 0 Å². The molecule has 0 spiro atoms. The van der Waals surface area contributed by atoms with Crippen LogP contribution >= 0.6 is 0 Å². The Hall–Kier alpha value is -7.62. The number of hydrogen-bond donors (Lipinski definition) is 0. The van der Waals surface area contributed by atoms with Crippen molar-refractivity contribution in [3.63, 3.8) is 0 Å². The molecule has 12 aromatic rings. The van der Waals surface area contributed by atoms with E-state index in [1.54, 1.807) is 0 Å². The van der Waals surface area contributed by atoms with E-state index in [9.17, 15) is 0 Å². The zero-order valence-electron chi connectivity index (χ0n) is 38.4. The minimum absolute atomic E-state index is 0.0582. The predicted octanol–water partition coefficient (Wildman–Crippen LogP) is 14.3. The van der Waals surface area contributed by atoms with E-state index in [0.29, 0.717) is 5.69 Å². The lowest BCUT2D eigenvalue weighted by atomic mass is 9.98. The standard InChI is InChI=1S/C54H35N3/c1-2-13-39(14-3-1)57-50-22-10-6-17-45(50)46-34-29-38(35-53(46)57)42-19-12-24-52-54(42)47-18-7-11-23-51(47)56(52)41-32-27-37(28-33-41)36-25-30-40(31-26-36)55-48-20-8-4-15-43(48)44-16-5-9-21-49(44)55/h1-35H/i4D,5D,8D,9D,15D,16D,20D,21D. The summed E-state index contributed by atoms with van der Waals surface area (Å²) in [5.74, 6) is 0. The van der Waals surface area contributed by atoms with Crippen LogP contribution in [-0.2, 0) is 0 Å². The van der Waals surface area contributed by atoms with Crippen LogP contribution in [-0.4, -0.2) is 13.7 Å². The summed E-state index contributed by atoms with van der Waals surface area (Å²) in [6.45, 7) is 0. The fourth-order valence-electron chi connectivity index (χ4n) is 8.82. The number of rotatable bonds is 5. The van der Waals surface area contributed by atoms with Gasteiger partial charge in [-0.15, -0.1) is 0 Å². The molecular weight excluding hydrogens is 691 g/mol. The molecule has 9 aromatic carbocycles. The van der Waals surface area contributed by atoms with Crippen molar-refractivity contribution in [2.24, 2.45) is 0 Å². The minimum atomic E-state index is -0.463. The van der Waals surface area contributed by atoms with Crippen LogP contribution in [0.25, 0.3) is 105 Å². The summed E-state index contributed by atoms with van der Waals surface area (Å²) in [5.41, 5.74) is 11.4. The molecule has 0 radical (unpaired) electrons. The molecule has 266 valence electrons. The molecule has 0 aliphatic carbocycles. The van der Waals surface area contributed by atoms with Crippen LogP contribution in [0.3, 0.4) is 0 Å². The highest BCUT2D eigenvalue weighted by molar-refractivity contribution is 6.17. The summed E-state index contributed by atoms with van der Waals surface area (Å²) >= 11 is 0. The summed E-state index contributed by atoms with van der Waals surface area (Å²) in [7, 11) is 0. The third kappa shape index (κ3) is 4.79. The van der Waals surface area contributed by atoms with Gasteiger partial charge in [-0.3, -0.25) is 0 Å². The van der Waals surface area contributed by atoms with Crippen molar-refractivity contribution < 1.29 is 11.0 Å². The van der Waals surface area contributed by atoms with Gasteiger partial charge in [0, 0.05) is 49.4 Å². The van der Waals surface area contributed by atoms with Gasteiger partial charge in [-0.2, -0.15) is 0 Å². The number of hydrogen-bond acceptors (Lipinski definition) is 0. The molecule has 0 unspecified atom stereocenters. The lowest BCUT2D eigenvalue weighted by Gasteiger charge is -2.12. The van der Waals surface area contributed by atoms with Gasteiger partial charge in [-0.05, 0) is 95.0 Å². The van der Waals surface area contributed by atoms with Crippen LogP contribution in [0.15, 0.2) is 212 Å². The SMILES string of the molecule is [2H]c1c([2H])c([2H])c2c(c1[2H])c1c([2H])c([2H])c([2H])c([2H])c1n2-c1ccc(-c2ccc(-n3c4ccccc4c4c(-c5ccc6c7ccccc7n(-c7ccccc7)c6c5)cccc43)cc2)cc1. The first kappa shape index (κ1) is 24.7. The third-order valence-electron chi connectivity index (χ3n) is 11.3. The smallest absolute Gasteiger partial charge is 0.0645 e. The second-order valence-corrected chi connectivity index (χ2v) is 14.3. The first-order valence-electron chi connectivity index (χ1n) is 23.0. The van der Waals surface area contributed by atoms with Crippen LogP contribution in [0.5, 0.6) is 0 Å². The fourth-order valence-corrected chi connectivity index (χ4v) is 8.82. The van der Waals surface area contributed by atoms with E-state index in [0.717, 1.165) is 55.6 Å². The van der Waals surface area contributed by atoms with Gasteiger partial charge in [0.05, 0.1) is 44.1 Å². The van der Waals surface area contributed by atoms with Crippen LogP contribution in [0.1, 0.15) is 11.0 Å². The lowest BCUT2D eigenvalue weighted by Crippen LogP contribution is -1.95. The quantitative estimate of drug-likeness (QED) is 0.167. The minimum Gasteiger partial charge on any atom is -0.309 e. The Morgan fingerprint density at radius 3 is 1.44 bits per heavy atom. The topological polar surface area (TPSA) is 14.8 Å². The van der Waals surface area contributed by atoms with Crippen molar-refractivity contribution in [2.75, 3.05) is 0 Å². The molecule has 0 bridgehead atoms. The number of nitrogens with zero attached hydrogens (tertiary/aromatic N) is 3. The van der Waals surface area contributed by atoms with Crippen molar-refractivity contribution >= 4 is 65.4 Å². The average Bonchev–Trinajstić information content (AvgIpc) is 4.00. The van der Waals surface area contributed by atoms with Crippen LogP contribution in [0, 0.1) is 0 Å². The molecule has 3 aromatic heterocycles. The van der Waals surface area contributed by atoms with Gasteiger partial charge in [0.2, 0.25) is 0 Å². The molecule has 0 aliphatic heterocycles. The number of benzene rings is 9. The highest BCUT2D eigenvalue weighted by Gasteiger charge is 2.19. The zero-order valence-corrected chi connectivity index (χ0v) is 30.4. The molecule has 57 heavy (non-hydrogen) atoms. The van der Waals surface area contributed by atoms with Crippen molar-refractivity contribution in [1.29, 1.82) is 0 Å². The third-order valence-corrected chi connectivity index (χ3v) is 11.3. The maximum atomic E-state index is 8.86. The van der Waals surface area contributed by atoms with Gasteiger partial charge in [-0.1, -0.05) is 139 Å². The molecule has 3 heterocycles. The van der Waals surface area contributed by atoms with E-state index < -0.39 is 24.2 Å². The molecule has 3 heteroatoms. The zero-order chi connectivity index (χ0) is 44.4. The van der Waals surface area contributed by atoms with E-state index in [2.05, 4.69) is 143 Å². The molecule has 12 rings (SSSR count). The summed E-state index contributed by atoms with van der Waals surface area (Å²) in [5, 5.41) is 4.86. The first-order valence-corrected chi connectivity index (χ1v) is 19.0. The van der Waals surface area contributed by atoms with Crippen molar-refractivity contribution in [3.05, 3.63) is 212 Å². The number of aromatic nitrogens is 3. The van der Waals surface area contributed by atoms with E-state index in [1.165, 1.54) is 26.2 Å². The molecule has 0 amide bonds. The summed E-state index contributed by atoms with van der Waals surface area (Å²) in [4.78, 5) is 0. The largest absolute Gasteiger partial charge is 0.309 e. The molecule has 3 nitrogen and oxygen atoms in total. The van der Waals surface area contributed by atoms with E-state index in [4.69, 9.17) is 11.0 Å². The Morgan fingerprint density at radius 2 is 0.772 bits per heavy atom. The summed E-state index contributed by atoms with van der Waals surface area (Å²) < 4.78 is 75.0. The fraction of sp³-hybridized carbons (Fsp3) is 0. The van der Waals surface area contributed by atoms with Gasteiger partial charge in [0.15, 0.2) is 0 Å². The van der Waals surface area contributed by atoms with E-state index in [-0.39, 0.29) is 46.0 Å². The van der Waals surface area contributed by atoms with E-state index in [1.807, 2.05) is 30.3 Å². The lowest BCUT2D eigenvalue weighted by molar-refractivity contribution is 1.18. The van der Waals surface area contributed by atoms with E-state index >= 15 is 0 Å². The summed E-state index contributed by atoms with van der Waals surface area (Å²) in [6.07, 6.45) is 0. The monoisotopic (exact) mass is 733 g/mol. The summed E-state index contributed by atoms with van der Waals surface area (Å²) in [6, 6.07) is 53.7. The Kier molecular flexibility index (Phi) is 5.40. The molecule has 0 N–H and O–H groups in total. The number of fused-ring (bicyclic) bond motifs is 9. The van der Waals surface area contributed by atoms with Crippen molar-refractivity contribution in [3.8, 4) is 39.3 Å². The predicted molar refractivity (Wildman–Crippen MR) is 240 cm³/mol. The number of para-hydroxylation sites is 5. The maximum Gasteiger partial charge on any atom is 0.0645 e. The first-order chi connectivity index (χ1) is 31.6. The van der Waals surface area contributed by atoms with Gasteiger partial charge in [0.25, 0.3) is 0 Å².